The second kappa shape index (κ2) is 4.90. The molecule has 4 heteroatoms. The lowest BCUT2D eigenvalue weighted by Crippen LogP contribution is -2.24. The standard InChI is InChI=1S/C13H14N2O.ClH/c16-13-12(9-5-7-14-8-6-9)10-3-1-2-4-11(10)15-13;/h1-4,14H,5-8H2,(H,15,16);1H. The largest absolute Gasteiger partial charge is 0.321 e. The summed E-state index contributed by atoms with van der Waals surface area (Å²) in [6, 6.07) is 7.93. The maximum Gasteiger partial charge on any atom is 0.256 e. The van der Waals surface area contributed by atoms with E-state index in [4.69, 9.17) is 0 Å². The molecule has 1 fully saturated rings. The third-order valence-electron chi connectivity index (χ3n) is 3.23. The molecule has 0 unspecified atom stereocenters. The fraction of sp³-hybridized carbons (Fsp3) is 0.308. The lowest BCUT2D eigenvalue weighted by Gasteiger charge is -2.17. The summed E-state index contributed by atoms with van der Waals surface area (Å²) in [7, 11) is 0. The van der Waals surface area contributed by atoms with Crippen molar-refractivity contribution in [2.24, 2.45) is 0 Å². The number of amides is 1. The van der Waals surface area contributed by atoms with Crippen molar-refractivity contribution in [1.82, 2.24) is 5.32 Å². The fourth-order valence-electron chi connectivity index (χ4n) is 2.45. The normalized spacial score (nSPS) is 18.5. The van der Waals surface area contributed by atoms with Crippen molar-refractivity contribution in [1.29, 1.82) is 0 Å². The molecule has 2 heterocycles. The van der Waals surface area contributed by atoms with E-state index in [9.17, 15) is 4.79 Å². The SMILES string of the molecule is Cl.O=C1Nc2ccccc2C1=C1CCNCC1. The number of carbonyl (C=O) groups is 1. The van der Waals surface area contributed by atoms with Gasteiger partial charge < -0.3 is 10.6 Å². The van der Waals surface area contributed by atoms with Crippen LogP contribution in [0.1, 0.15) is 18.4 Å². The minimum Gasteiger partial charge on any atom is -0.321 e. The quantitative estimate of drug-likeness (QED) is 0.693. The molecule has 3 nitrogen and oxygen atoms in total. The van der Waals surface area contributed by atoms with Crippen molar-refractivity contribution in [3.63, 3.8) is 0 Å². The third kappa shape index (κ3) is 2.08. The van der Waals surface area contributed by atoms with Gasteiger partial charge in [0.15, 0.2) is 0 Å². The molecule has 2 N–H and O–H groups in total. The van der Waals surface area contributed by atoms with Crippen LogP contribution in [0.2, 0.25) is 0 Å². The van der Waals surface area contributed by atoms with Gasteiger partial charge in [-0.25, -0.2) is 0 Å². The first-order valence-corrected chi connectivity index (χ1v) is 5.70. The lowest BCUT2D eigenvalue weighted by molar-refractivity contribution is -0.110. The summed E-state index contributed by atoms with van der Waals surface area (Å²) < 4.78 is 0. The van der Waals surface area contributed by atoms with Crippen LogP contribution in [0, 0.1) is 0 Å². The van der Waals surface area contributed by atoms with Crippen LogP contribution < -0.4 is 10.6 Å². The summed E-state index contributed by atoms with van der Waals surface area (Å²) in [6.07, 6.45) is 1.97. The average molecular weight is 251 g/mol. The molecule has 0 radical (unpaired) electrons. The summed E-state index contributed by atoms with van der Waals surface area (Å²) >= 11 is 0. The van der Waals surface area contributed by atoms with Gasteiger partial charge in [0.25, 0.3) is 5.91 Å². The van der Waals surface area contributed by atoms with Crippen LogP contribution >= 0.6 is 12.4 Å². The van der Waals surface area contributed by atoms with Gasteiger partial charge in [0.2, 0.25) is 0 Å². The van der Waals surface area contributed by atoms with Crippen LogP contribution in [0.15, 0.2) is 29.8 Å². The van der Waals surface area contributed by atoms with Crippen LogP contribution in [-0.2, 0) is 4.79 Å². The Kier molecular flexibility index (Phi) is 3.50. The summed E-state index contributed by atoms with van der Waals surface area (Å²) in [6.45, 7) is 1.96. The zero-order chi connectivity index (χ0) is 11.0. The number of rotatable bonds is 0. The highest BCUT2D eigenvalue weighted by Crippen LogP contribution is 2.35. The van der Waals surface area contributed by atoms with Gasteiger partial charge in [-0.1, -0.05) is 23.8 Å². The topological polar surface area (TPSA) is 41.1 Å². The number of benzene rings is 1. The molecular weight excluding hydrogens is 236 g/mol. The first-order valence-electron chi connectivity index (χ1n) is 5.70. The van der Waals surface area contributed by atoms with E-state index in [2.05, 4.69) is 10.6 Å². The minimum absolute atomic E-state index is 0. The average Bonchev–Trinajstić information content (AvgIpc) is 2.66. The monoisotopic (exact) mass is 250 g/mol. The fourth-order valence-corrected chi connectivity index (χ4v) is 2.45. The second-order valence-corrected chi connectivity index (χ2v) is 4.23. The lowest BCUT2D eigenvalue weighted by atomic mass is 9.95. The van der Waals surface area contributed by atoms with Gasteiger partial charge in [0.1, 0.15) is 0 Å². The van der Waals surface area contributed by atoms with Crippen LogP contribution in [0.25, 0.3) is 5.57 Å². The predicted molar refractivity (Wildman–Crippen MR) is 71.3 cm³/mol. The smallest absolute Gasteiger partial charge is 0.256 e. The number of hydrogen-bond acceptors (Lipinski definition) is 2. The zero-order valence-electron chi connectivity index (χ0n) is 9.45. The minimum atomic E-state index is 0. The number of carbonyl (C=O) groups excluding carboxylic acids is 1. The first kappa shape index (κ1) is 12.1. The van der Waals surface area contributed by atoms with Crippen LogP contribution in [0.3, 0.4) is 0 Å². The highest BCUT2D eigenvalue weighted by molar-refractivity contribution is 6.32. The van der Waals surface area contributed by atoms with Gasteiger partial charge in [0.05, 0.1) is 0 Å². The molecule has 0 bridgehead atoms. The predicted octanol–water partition coefficient (Wildman–Crippen LogP) is 2.20. The molecule has 1 amide bonds. The van der Waals surface area contributed by atoms with Gasteiger partial charge in [-0.3, -0.25) is 4.79 Å². The van der Waals surface area contributed by atoms with Gasteiger partial charge in [-0.2, -0.15) is 0 Å². The molecule has 1 aromatic rings. The van der Waals surface area contributed by atoms with E-state index in [1.165, 1.54) is 5.57 Å². The molecule has 0 atom stereocenters. The molecule has 1 aromatic carbocycles. The zero-order valence-corrected chi connectivity index (χ0v) is 10.3. The van der Waals surface area contributed by atoms with E-state index < -0.39 is 0 Å². The van der Waals surface area contributed by atoms with Crippen LogP contribution in [0.5, 0.6) is 0 Å². The Morgan fingerprint density at radius 3 is 2.53 bits per heavy atom. The number of hydrogen-bond donors (Lipinski definition) is 2. The number of nitrogens with one attached hydrogen (secondary N) is 2. The maximum atomic E-state index is 11.9. The van der Waals surface area contributed by atoms with Crippen LogP contribution in [0.4, 0.5) is 5.69 Å². The Labute approximate surface area is 107 Å². The Bertz CT molecular complexity index is 474. The molecule has 0 saturated carbocycles. The number of para-hydroxylation sites is 1. The third-order valence-corrected chi connectivity index (χ3v) is 3.23. The Balaban J connectivity index is 0.00000108. The van der Waals surface area contributed by atoms with Crippen molar-refractivity contribution in [2.45, 2.75) is 12.8 Å². The number of anilines is 1. The van der Waals surface area contributed by atoms with Crippen molar-refractivity contribution in [3.05, 3.63) is 35.4 Å². The molecule has 17 heavy (non-hydrogen) atoms. The van der Waals surface area contributed by atoms with E-state index in [0.29, 0.717) is 0 Å². The van der Waals surface area contributed by atoms with E-state index >= 15 is 0 Å². The Morgan fingerprint density at radius 1 is 1.06 bits per heavy atom. The summed E-state index contributed by atoms with van der Waals surface area (Å²) in [4.78, 5) is 11.9. The number of halogens is 1. The van der Waals surface area contributed by atoms with E-state index in [-0.39, 0.29) is 18.3 Å². The van der Waals surface area contributed by atoms with Crippen LogP contribution in [-0.4, -0.2) is 19.0 Å². The molecule has 0 spiro atoms. The molecule has 3 rings (SSSR count). The molecule has 2 aliphatic rings. The molecular formula is C13H15ClN2O. The van der Waals surface area contributed by atoms with Gasteiger partial charge in [0, 0.05) is 16.8 Å². The Hall–Kier alpha value is -1.32. The molecule has 1 saturated heterocycles. The summed E-state index contributed by atoms with van der Waals surface area (Å²) in [5, 5.41) is 6.24. The van der Waals surface area contributed by atoms with Crippen molar-refractivity contribution < 1.29 is 4.79 Å². The molecule has 0 aliphatic carbocycles. The molecule has 90 valence electrons. The van der Waals surface area contributed by atoms with Gasteiger partial charge in [-0.15, -0.1) is 12.4 Å². The van der Waals surface area contributed by atoms with E-state index in [1.54, 1.807) is 0 Å². The van der Waals surface area contributed by atoms with Crippen molar-refractivity contribution in [3.8, 4) is 0 Å². The second-order valence-electron chi connectivity index (χ2n) is 4.23. The highest BCUT2D eigenvalue weighted by atomic mass is 35.5. The van der Waals surface area contributed by atoms with Gasteiger partial charge >= 0.3 is 0 Å². The number of fused-ring (bicyclic) bond motifs is 1. The van der Waals surface area contributed by atoms with Crippen molar-refractivity contribution >= 4 is 29.6 Å². The summed E-state index contributed by atoms with van der Waals surface area (Å²) in [5.74, 6) is 0.0677. The Morgan fingerprint density at radius 2 is 1.76 bits per heavy atom. The van der Waals surface area contributed by atoms with Crippen molar-refractivity contribution in [2.75, 3.05) is 18.4 Å². The first-order chi connectivity index (χ1) is 7.86. The molecule has 2 aliphatic heterocycles. The van der Waals surface area contributed by atoms with Gasteiger partial charge in [-0.05, 0) is 32.0 Å². The summed E-state index contributed by atoms with van der Waals surface area (Å²) in [5.41, 5.74) is 4.23. The number of piperidine rings is 1. The highest BCUT2D eigenvalue weighted by Gasteiger charge is 2.27. The van der Waals surface area contributed by atoms with E-state index in [0.717, 1.165) is 42.8 Å². The van der Waals surface area contributed by atoms with E-state index in [1.807, 2.05) is 24.3 Å². The maximum absolute atomic E-state index is 11.9. The molecule has 0 aromatic heterocycles.